The van der Waals surface area contributed by atoms with Gasteiger partial charge in [0.1, 0.15) is 0 Å². The van der Waals surface area contributed by atoms with Crippen LogP contribution in [-0.2, 0) is 16.4 Å². The lowest BCUT2D eigenvalue weighted by Crippen LogP contribution is -2.25. The molecule has 1 amide bonds. The van der Waals surface area contributed by atoms with E-state index in [2.05, 4.69) is 12.2 Å². The minimum absolute atomic E-state index is 0.174. The van der Waals surface area contributed by atoms with Gasteiger partial charge in [-0.25, -0.2) is 8.42 Å². The predicted molar refractivity (Wildman–Crippen MR) is 101 cm³/mol. The summed E-state index contributed by atoms with van der Waals surface area (Å²) < 4.78 is 25.5. The number of aryl methyl sites for hydroxylation is 1. The van der Waals surface area contributed by atoms with Crippen molar-refractivity contribution in [3.05, 3.63) is 59.7 Å². The Balaban J connectivity index is 1.74. The van der Waals surface area contributed by atoms with E-state index in [9.17, 15) is 13.2 Å². The minimum atomic E-state index is -3.23. The van der Waals surface area contributed by atoms with Crippen molar-refractivity contribution in [3.63, 3.8) is 0 Å². The molecule has 1 saturated heterocycles. The van der Waals surface area contributed by atoms with E-state index in [0.717, 1.165) is 12.8 Å². The molecule has 1 heterocycles. The van der Waals surface area contributed by atoms with E-state index in [0.29, 0.717) is 29.9 Å². The van der Waals surface area contributed by atoms with Gasteiger partial charge in [0, 0.05) is 17.8 Å². The lowest BCUT2D eigenvalue weighted by atomic mass is 10.1. The second-order valence-corrected chi connectivity index (χ2v) is 8.21. The lowest BCUT2D eigenvalue weighted by molar-refractivity contribution is 0.102. The number of nitrogens with one attached hydrogen (secondary N) is 1. The Labute approximate surface area is 148 Å². The molecule has 2 aromatic carbocycles. The number of carbonyl (C=O) groups excluding carboxylic acids is 1. The summed E-state index contributed by atoms with van der Waals surface area (Å²) in [6.07, 6.45) is 2.69. The number of nitrogens with zero attached hydrogens (tertiary/aromatic N) is 1. The van der Waals surface area contributed by atoms with Crippen molar-refractivity contribution >= 4 is 27.3 Å². The number of benzene rings is 2. The van der Waals surface area contributed by atoms with Crippen molar-refractivity contribution in [2.45, 2.75) is 26.2 Å². The molecule has 0 radical (unpaired) electrons. The van der Waals surface area contributed by atoms with Gasteiger partial charge in [-0.3, -0.25) is 9.10 Å². The number of carbonyl (C=O) groups is 1. The number of sulfonamides is 1. The van der Waals surface area contributed by atoms with Gasteiger partial charge in [-0.15, -0.1) is 0 Å². The average molecular weight is 358 g/mol. The molecule has 0 aliphatic carbocycles. The second-order valence-electron chi connectivity index (χ2n) is 6.19. The monoisotopic (exact) mass is 358 g/mol. The van der Waals surface area contributed by atoms with Crippen LogP contribution in [0, 0.1) is 0 Å². The van der Waals surface area contributed by atoms with Gasteiger partial charge < -0.3 is 5.32 Å². The second kappa shape index (κ2) is 7.27. The molecule has 5 nitrogen and oxygen atoms in total. The molecule has 0 spiro atoms. The summed E-state index contributed by atoms with van der Waals surface area (Å²) in [6.45, 7) is 2.60. The van der Waals surface area contributed by atoms with Crippen LogP contribution in [0.5, 0.6) is 0 Å². The van der Waals surface area contributed by atoms with Crippen molar-refractivity contribution in [2.24, 2.45) is 0 Å². The molecule has 0 atom stereocenters. The van der Waals surface area contributed by atoms with Crippen molar-refractivity contribution in [2.75, 3.05) is 21.9 Å². The van der Waals surface area contributed by atoms with Crippen molar-refractivity contribution in [3.8, 4) is 0 Å². The van der Waals surface area contributed by atoms with E-state index in [1.807, 2.05) is 24.3 Å². The molecule has 2 aromatic rings. The maximum absolute atomic E-state index is 12.4. The molecule has 0 saturated carbocycles. The fourth-order valence-electron chi connectivity index (χ4n) is 2.98. The van der Waals surface area contributed by atoms with Crippen LogP contribution in [0.1, 0.15) is 35.7 Å². The molecular formula is C19H22N2O3S. The van der Waals surface area contributed by atoms with Crippen LogP contribution >= 0.6 is 0 Å². The fourth-order valence-corrected chi connectivity index (χ4v) is 4.54. The summed E-state index contributed by atoms with van der Waals surface area (Å²) in [5, 5.41) is 2.84. The molecule has 25 heavy (non-hydrogen) atoms. The highest BCUT2D eigenvalue weighted by Gasteiger charge is 2.28. The molecule has 1 aliphatic heterocycles. The maximum atomic E-state index is 12.4. The summed E-state index contributed by atoms with van der Waals surface area (Å²) in [7, 11) is -3.23. The molecule has 0 bridgehead atoms. The fraction of sp³-hybridized carbons (Fsp3) is 0.316. The Morgan fingerprint density at radius 1 is 1.16 bits per heavy atom. The normalized spacial score (nSPS) is 16.0. The summed E-state index contributed by atoms with van der Waals surface area (Å²) in [5.74, 6) is -0.0299. The highest BCUT2D eigenvalue weighted by Crippen LogP contribution is 2.26. The van der Waals surface area contributed by atoms with Gasteiger partial charge in [0.15, 0.2) is 0 Å². The number of hydrogen-bond donors (Lipinski definition) is 1. The van der Waals surface area contributed by atoms with E-state index in [1.165, 1.54) is 9.87 Å². The van der Waals surface area contributed by atoms with Crippen LogP contribution < -0.4 is 9.62 Å². The first-order valence-electron chi connectivity index (χ1n) is 8.50. The SMILES string of the molecule is CCCc1ccc(C(=O)Nc2cccc(N3CCCS3(=O)=O)c2)cc1. The van der Waals surface area contributed by atoms with Gasteiger partial charge in [0.05, 0.1) is 11.4 Å². The number of amides is 1. The van der Waals surface area contributed by atoms with Crippen LogP contribution in [0.15, 0.2) is 48.5 Å². The first-order valence-corrected chi connectivity index (χ1v) is 10.1. The standard InChI is InChI=1S/C19H22N2O3S/c1-2-5-15-8-10-16(11-9-15)19(22)20-17-6-3-7-18(14-17)21-12-4-13-25(21,23)24/h3,6-11,14H,2,4-5,12-13H2,1H3,(H,20,22). The van der Waals surface area contributed by atoms with Crippen LogP contribution in [0.3, 0.4) is 0 Å². The Hall–Kier alpha value is -2.34. The maximum Gasteiger partial charge on any atom is 0.255 e. The number of rotatable bonds is 5. The zero-order valence-corrected chi connectivity index (χ0v) is 15.1. The van der Waals surface area contributed by atoms with Gasteiger partial charge in [-0.05, 0) is 48.7 Å². The molecule has 1 fully saturated rings. The predicted octanol–water partition coefficient (Wildman–Crippen LogP) is 3.43. The molecule has 3 rings (SSSR count). The van der Waals surface area contributed by atoms with E-state index in [1.54, 1.807) is 24.3 Å². The molecule has 132 valence electrons. The van der Waals surface area contributed by atoms with E-state index < -0.39 is 10.0 Å². The lowest BCUT2D eigenvalue weighted by Gasteiger charge is -2.17. The Morgan fingerprint density at radius 2 is 1.92 bits per heavy atom. The Bertz CT molecular complexity index is 860. The Kier molecular flexibility index (Phi) is 5.08. The summed E-state index contributed by atoms with van der Waals surface area (Å²) in [4.78, 5) is 12.4. The summed E-state index contributed by atoms with van der Waals surface area (Å²) >= 11 is 0. The first kappa shape index (κ1) is 17.5. The van der Waals surface area contributed by atoms with Gasteiger partial charge in [0.25, 0.3) is 5.91 Å². The third-order valence-electron chi connectivity index (χ3n) is 4.25. The van der Waals surface area contributed by atoms with Crippen LogP contribution in [0.2, 0.25) is 0 Å². The zero-order valence-electron chi connectivity index (χ0n) is 14.2. The van der Waals surface area contributed by atoms with Crippen molar-refractivity contribution < 1.29 is 13.2 Å². The van der Waals surface area contributed by atoms with E-state index in [4.69, 9.17) is 0 Å². The highest BCUT2D eigenvalue weighted by atomic mass is 32.2. The van der Waals surface area contributed by atoms with Gasteiger partial charge >= 0.3 is 0 Å². The van der Waals surface area contributed by atoms with Gasteiger partial charge in [0.2, 0.25) is 10.0 Å². The molecule has 0 unspecified atom stereocenters. The van der Waals surface area contributed by atoms with E-state index in [-0.39, 0.29) is 11.7 Å². The zero-order chi connectivity index (χ0) is 17.9. The number of anilines is 2. The molecular weight excluding hydrogens is 336 g/mol. The van der Waals surface area contributed by atoms with Crippen LogP contribution in [0.25, 0.3) is 0 Å². The molecule has 1 aliphatic rings. The minimum Gasteiger partial charge on any atom is -0.322 e. The van der Waals surface area contributed by atoms with E-state index >= 15 is 0 Å². The van der Waals surface area contributed by atoms with Gasteiger partial charge in [-0.2, -0.15) is 0 Å². The van der Waals surface area contributed by atoms with Crippen LogP contribution in [0.4, 0.5) is 11.4 Å². The molecule has 6 heteroatoms. The average Bonchev–Trinajstić information content (AvgIpc) is 2.95. The summed E-state index contributed by atoms with van der Waals surface area (Å²) in [5.41, 5.74) is 2.97. The molecule has 1 N–H and O–H groups in total. The summed E-state index contributed by atoms with van der Waals surface area (Å²) in [6, 6.07) is 14.5. The largest absolute Gasteiger partial charge is 0.322 e. The third-order valence-corrected chi connectivity index (χ3v) is 6.12. The van der Waals surface area contributed by atoms with Crippen molar-refractivity contribution in [1.29, 1.82) is 0 Å². The third kappa shape index (κ3) is 4.02. The quantitative estimate of drug-likeness (QED) is 0.890. The van der Waals surface area contributed by atoms with Gasteiger partial charge in [-0.1, -0.05) is 31.5 Å². The molecule has 0 aromatic heterocycles. The smallest absolute Gasteiger partial charge is 0.255 e. The van der Waals surface area contributed by atoms with Crippen LogP contribution in [-0.4, -0.2) is 26.6 Å². The Morgan fingerprint density at radius 3 is 2.56 bits per heavy atom. The topological polar surface area (TPSA) is 66.5 Å². The highest BCUT2D eigenvalue weighted by molar-refractivity contribution is 7.93. The first-order chi connectivity index (χ1) is 12.0. The van der Waals surface area contributed by atoms with Crippen molar-refractivity contribution in [1.82, 2.24) is 0 Å². The number of hydrogen-bond acceptors (Lipinski definition) is 3.